The molecule has 0 aromatic carbocycles. The number of aromatic nitrogens is 1. The average molecular weight is 199 g/mol. The molecule has 4 heteroatoms. The Morgan fingerprint density at radius 1 is 1.50 bits per heavy atom. The Labute approximate surface area is 80.8 Å². The smallest absolute Gasteiger partial charge is 0.121 e. The maximum absolute atomic E-state index is 8.72. The molecule has 0 aliphatic rings. The van der Waals surface area contributed by atoms with Crippen molar-refractivity contribution in [2.75, 3.05) is 0 Å². The van der Waals surface area contributed by atoms with Crippen molar-refractivity contribution in [3.05, 3.63) is 26.5 Å². The summed E-state index contributed by atoms with van der Waals surface area (Å²) in [5, 5.41) is 9.30. The third-order valence-electron chi connectivity index (χ3n) is 1.67. The molecule has 0 saturated heterocycles. The number of nitriles is 1. The van der Waals surface area contributed by atoms with E-state index in [9.17, 15) is 0 Å². The highest BCUT2D eigenvalue weighted by molar-refractivity contribution is 7.71. The third-order valence-corrected chi connectivity index (χ3v) is 2.55. The Morgan fingerprint density at radius 2 is 2.08 bits per heavy atom. The Kier molecular flexibility index (Phi) is 2.51. The molecule has 1 rings (SSSR count). The molecule has 1 aromatic heterocycles. The molecule has 0 aliphatic carbocycles. The number of hydrogen-bond acceptors (Lipinski definition) is 2. The van der Waals surface area contributed by atoms with Gasteiger partial charge in [-0.1, -0.05) is 23.8 Å². The van der Waals surface area contributed by atoms with E-state index < -0.39 is 0 Å². The molecule has 0 atom stereocenters. The fourth-order valence-electron chi connectivity index (χ4n) is 0.984. The molecule has 1 heterocycles. The first kappa shape index (κ1) is 9.24. The van der Waals surface area contributed by atoms with Crippen molar-refractivity contribution in [1.29, 1.82) is 5.26 Å². The molecule has 0 unspecified atom stereocenters. The highest BCUT2D eigenvalue weighted by Crippen LogP contribution is 2.21. The Balaban J connectivity index is 3.66. The highest BCUT2D eigenvalue weighted by Gasteiger charge is 2.06. The van der Waals surface area contributed by atoms with Gasteiger partial charge in [0, 0.05) is 5.69 Å². The van der Waals surface area contributed by atoms with Gasteiger partial charge in [-0.05, 0) is 19.4 Å². The lowest BCUT2D eigenvalue weighted by Gasteiger charge is -2.03. The lowest BCUT2D eigenvalue weighted by atomic mass is 10.1. The second kappa shape index (κ2) is 3.26. The van der Waals surface area contributed by atoms with Crippen molar-refractivity contribution in [3.63, 3.8) is 0 Å². The number of hydrogen-bond donors (Lipinski definition) is 1. The minimum Gasteiger partial charge on any atom is -0.348 e. The van der Waals surface area contributed by atoms with E-state index in [0.717, 1.165) is 11.3 Å². The minimum atomic E-state index is 0.455. The van der Waals surface area contributed by atoms with Gasteiger partial charge < -0.3 is 4.98 Å². The van der Waals surface area contributed by atoms with Crippen LogP contribution >= 0.6 is 23.8 Å². The van der Waals surface area contributed by atoms with E-state index >= 15 is 0 Å². The predicted octanol–water partition coefficient (Wildman–Crippen LogP) is 2.89. The topological polar surface area (TPSA) is 39.6 Å². The van der Waals surface area contributed by atoms with Crippen molar-refractivity contribution in [1.82, 2.24) is 4.98 Å². The molecular formula is C8H7ClN2S. The number of nitrogens with zero attached hydrogens (tertiary/aromatic N) is 1. The van der Waals surface area contributed by atoms with E-state index in [1.54, 1.807) is 6.92 Å². The van der Waals surface area contributed by atoms with Crippen molar-refractivity contribution < 1.29 is 0 Å². The van der Waals surface area contributed by atoms with Crippen LogP contribution in [0.15, 0.2) is 0 Å². The van der Waals surface area contributed by atoms with Gasteiger partial charge in [0.1, 0.15) is 10.7 Å². The summed E-state index contributed by atoms with van der Waals surface area (Å²) in [6, 6.07) is 2.01. The number of aromatic amines is 1. The van der Waals surface area contributed by atoms with E-state index in [2.05, 4.69) is 4.98 Å². The van der Waals surface area contributed by atoms with Crippen LogP contribution in [0.5, 0.6) is 0 Å². The molecule has 0 amide bonds. The largest absolute Gasteiger partial charge is 0.348 e. The van der Waals surface area contributed by atoms with Gasteiger partial charge in [0.05, 0.1) is 10.6 Å². The minimum absolute atomic E-state index is 0.455. The average Bonchev–Trinajstić information content (AvgIpc) is 2.01. The van der Waals surface area contributed by atoms with Crippen molar-refractivity contribution in [2.45, 2.75) is 13.8 Å². The number of rotatable bonds is 0. The molecule has 0 aliphatic heterocycles. The van der Waals surface area contributed by atoms with E-state index in [4.69, 9.17) is 29.1 Å². The quantitative estimate of drug-likeness (QED) is 0.652. The van der Waals surface area contributed by atoms with Gasteiger partial charge >= 0.3 is 0 Å². The number of H-pyrrole nitrogens is 1. The first-order chi connectivity index (χ1) is 5.57. The van der Waals surface area contributed by atoms with Gasteiger partial charge in [-0.15, -0.1) is 0 Å². The van der Waals surface area contributed by atoms with Gasteiger partial charge in [0.25, 0.3) is 0 Å². The lowest BCUT2D eigenvalue weighted by Crippen LogP contribution is -1.93. The van der Waals surface area contributed by atoms with E-state index in [-0.39, 0.29) is 0 Å². The normalized spacial score (nSPS) is 9.50. The van der Waals surface area contributed by atoms with Gasteiger partial charge in [-0.3, -0.25) is 0 Å². The molecule has 0 bridgehead atoms. The summed E-state index contributed by atoms with van der Waals surface area (Å²) in [4.78, 5) is 2.86. The molecule has 2 nitrogen and oxygen atoms in total. The second-order valence-electron chi connectivity index (χ2n) is 2.50. The third kappa shape index (κ3) is 1.36. The van der Waals surface area contributed by atoms with E-state index in [0.29, 0.717) is 15.2 Å². The SMILES string of the molecule is Cc1[nH]c(=S)c(C#N)c(C)c1Cl. The van der Waals surface area contributed by atoms with Crippen molar-refractivity contribution in [2.24, 2.45) is 0 Å². The molecule has 1 aromatic rings. The zero-order valence-corrected chi connectivity index (χ0v) is 8.31. The van der Waals surface area contributed by atoms with Crippen molar-refractivity contribution >= 4 is 23.8 Å². The summed E-state index contributed by atoms with van der Waals surface area (Å²) in [6.45, 7) is 3.61. The number of pyridine rings is 1. The van der Waals surface area contributed by atoms with E-state index in [1.165, 1.54) is 0 Å². The maximum Gasteiger partial charge on any atom is 0.121 e. The lowest BCUT2D eigenvalue weighted by molar-refractivity contribution is 1.14. The van der Waals surface area contributed by atoms with Crippen LogP contribution in [0.25, 0.3) is 0 Å². The highest BCUT2D eigenvalue weighted by atomic mass is 35.5. The van der Waals surface area contributed by atoms with Crippen molar-refractivity contribution in [3.8, 4) is 6.07 Å². The van der Waals surface area contributed by atoms with E-state index in [1.807, 2.05) is 13.0 Å². The molecule has 0 saturated carbocycles. The second-order valence-corrected chi connectivity index (χ2v) is 3.29. The fourth-order valence-corrected chi connectivity index (χ4v) is 1.48. The maximum atomic E-state index is 8.72. The first-order valence-electron chi connectivity index (χ1n) is 3.37. The molecular weight excluding hydrogens is 192 g/mol. The summed E-state index contributed by atoms with van der Waals surface area (Å²) in [5.74, 6) is 0. The number of nitrogens with one attached hydrogen (secondary N) is 1. The summed E-state index contributed by atoms with van der Waals surface area (Å²) >= 11 is 10.9. The summed E-state index contributed by atoms with van der Waals surface area (Å²) in [7, 11) is 0. The van der Waals surface area contributed by atoms with Crippen LogP contribution in [-0.2, 0) is 0 Å². The molecule has 0 radical (unpaired) electrons. The van der Waals surface area contributed by atoms with Crippen LogP contribution in [0.1, 0.15) is 16.8 Å². The van der Waals surface area contributed by atoms with Gasteiger partial charge in [-0.2, -0.15) is 5.26 Å². The van der Waals surface area contributed by atoms with Crippen LogP contribution in [-0.4, -0.2) is 4.98 Å². The van der Waals surface area contributed by atoms with Gasteiger partial charge in [0.15, 0.2) is 0 Å². The summed E-state index contributed by atoms with van der Waals surface area (Å²) in [5.41, 5.74) is 2.01. The predicted molar refractivity (Wildman–Crippen MR) is 50.8 cm³/mol. The summed E-state index contributed by atoms with van der Waals surface area (Å²) < 4.78 is 0.455. The van der Waals surface area contributed by atoms with Crippen LogP contribution < -0.4 is 0 Å². The molecule has 0 fully saturated rings. The Morgan fingerprint density at radius 3 is 2.58 bits per heavy atom. The van der Waals surface area contributed by atoms with Gasteiger partial charge in [0.2, 0.25) is 0 Å². The monoisotopic (exact) mass is 198 g/mol. The van der Waals surface area contributed by atoms with Crippen LogP contribution in [0.3, 0.4) is 0 Å². The van der Waals surface area contributed by atoms with Gasteiger partial charge in [-0.25, -0.2) is 0 Å². The fraction of sp³-hybridized carbons (Fsp3) is 0.250. The standard InChI is InChI=1S/C8H7ClN2S/c1-4-6(3-10)8(12)11-5(2)7(4)9/h1-2H3,(H,11,12). The molecule has 12 heavy (non-hydrogen) atoms. The van der Waals surface area contributed by atoms with Crippen LogP contribution in [0.4, 0.5) is 0 Å². The number of halogens is 1. The number of aryl methyl sites for hydroxylation is 1. The Hall–Kier alpha value is -0.850. The summed E-state index contributed by atoms with van der Waals surface area (Å²) in [6.07, 6.45) is 0. The Bertz CT molecular complexity index is 414. The van der Waals surface area contributed by atoms with Crippen LogP contribution in [0.2, 0.25) is 5.02 Å². The molecule has 1 N–H and O–H groups in total. The zero-order valence-electron chi connectivity index (χ0n) is 6.73. The van der Waals surface area contributed by atoms with Crippen LogP contribution in [0, 0.1) is 29.8 Å². The zero-order chi connectivity index (χ0) is 9.30. The first-order valence-corrected chi connectivity index (χ1v) is 4.15. The molecule has 62 valence electrons. The molecule has 0 spiro atoms.